The van der Waals surface area contributed by atoms with Gasteiger partial charge in [-0.1, -0.05) is 8.58 Å². The molecule has 0 aliphatic carbocycles. The van der Waals surface area contributed by atoms with E-state index in [0.717, 1.165) is 0 Å². The van der Waals surface area contributed by atoms with Gasteiger partial charge in [0.1, 0.15) is 0 Å². The summed E-state index contributed by atoms with van der Waals surface area (Å²) in [7, 11) is -0.281. The Morgan fingerprint density at radius 2 is 1.82 bits per heavy atom. The van der Waals surface area contributed by atoms with Crippen LogP contribution in [0.5, 0.6) is 0 Å². The summed E-state index contributed by atoms with van der Waals surface area (Å²) in [6, 6.07) is 0. The van der Waals surface area contributed by atoms with Crippen molar-refractivity contribution in [1.82, 2.24) is 0 Å². The summed E-state index contributed by atoms with van der Waals surface area (Å²) in [5.74, 6) is -3.61. The highest BCUT2D eigenvalue weighted by molar-refractivity contribution is 7.43. The molecule has 0 heterocycles. The largest absolute Gasteiger partial charge is 0.475 e. The molecule has 17 heavy (non-hydrogen) atoms. The van der Waals surface area contributed by atoms with Gasteiger partial charge in [-0.2, -0.15) is 0 Å². The van der Waals surface area contributed by atoms with E-state index in [0.29, 0.717) is 6.61 Å². The number of ether oxygens (including phenoxy) is 2. The Labute approximate surface area is 101 Å². The van der Waals surface area contributed by atoms with Crippen molar-refractivity contribution in [2.24, 2.45) is 0 Å². The SMILES string of the molecule is CCOCPC(C)(C(=O)OCC)C(=O)C(=O)O. The molecule has 2 atom stereocenters. The molecule has 0 saturated heterocycles. The lowest BCUT2D eigenvalue weighted by molar-refractivity contribution is -0.157. The van der Waals surface area contributed by atoms with Gasteiger partial charge in [0.15, 0.2) is 5.16 Å². The second kappa shape index (κ2) is 7.35. The van der Waals surface area contributed by atoms with Crippen LogP contribution in [0.2, 0.25) is 0 Å². The number of hydrogen-bond donors (Lipinski definition) is 1. The minimum absolute atomic E-state index is 0.0977. The summed E-state index contributed by atoms with van der Waals surface area (Å²) in [6.07, 6.45) is 0.158. The van der Waals surface area contributed by atoms with E-state index in [1.54, 1.807) is 13.8 Å². The Morgan fingerprint density at radius 3 is 2.24 bits per heavy atom. The van der Waals surface area contributed by atoms with Crippen LogP contribution in [0.1, 0.15) is 20.8 Å². The maximum absolute atomic E-state index is 11.7. The van der Waals surface area contributed by atoms with Crippen LogP contribution >= 0.6 is 8.58 Å². The van der Waals surface area contributed by atoms with Crippen LogP contribution in [0.25, 0.3) is 0 Å². The number of aliphatic carboxylic acids is 1. The van der Waals surface area contributed by atoms with Gasteiger partial charge in [0.05, 0.1) is 13.0 Å². The molecular formula is C10H17O6P. The van der Waals surface area contributed by atoms with Crippen LogP contribution < -0.4 is 0 Å². The highest BCUT2D eigenvalue weighted by atomic mass is 31.1. The molecular weight excluding hydrogens is 247 g/mol. The van der Waals surface area contributed by atoms with Crippen LogP contribution in [-0.2, 0) is 23.9 Å². The number of carboxylic acid groups (broad SMARTS) is 1. The lowest BCUT2D eigenvalue weighted by Crippen LogP contribution is -2.45. The lowest BCUT2D eigenvalue weighted by Gasteiger charge is -2.23. The van der Waals surface area contributed by atoms with Crippen LogP contribution in [0.4, 0.5) is 0 Å². The first kappa shape index (κ1) is 16.0. The van der Waals surface area contributed by atoms with Crippen molar-refractivity contribution in [2.75, 3.05) is 19.6 Å². The molecule has 0 fully saturated rings. The van der Waals surface area contributed by atoms with Gasteiger partial charge in [0.25, 0.3) is 5.78 Å². The van der Waals surface area contributed by atoms with E-state index in [9.17, 15) is 14.4 Å². The quantitative estimate of drug-likeness (QED) is 0.227. The first-order valence-electron chi connectivity index (χ1n) is 5.17. The minimum atomic E-state index is -1.66. The highest BCUT2D eigenvalue weighted by Gasteiger charge is 2.45. The topological polar surface area (TPSA) is 89.9 Å². The molecule has 0 aromatic rings. The molecule has 0 aliphatic heterocycles. The molecule has 98 valence electrons. The lowest BCUT2D eigenvalue weighted by atomic mass is 10.1. The molecule has 6 nitrogen and oxygen atoms in total. The van der Waals surface area contributed by atoms with Crippen LogP contribution in [0, 0.1) is 0 Å². The fourth-order valence-electron chi connectivity index (χ4n) is 1.03. The Morgan fingerprint density at radius 1 is 1.24 bits per heavy atom. The fourth-order valence-corrected chi connectivity index (χ4v) is 2.11. The average molecular weight is 264 g/mol. The van der Waals surface area contributed by atoms with Crippen LogP contribution in [0.3, 0.4) is 0 Å². The van der Waals surface area contributed by atoms with Crippen LogP contribution in [0.15, 0.2) is 0 Å². The van der Waals surface area contributed by atoms with E-state index in [1.807, 2.05) is 0 Å². The molecule has 0 spiro atoms. The molecule has 0 aromatic carbocycles. The molecule has 0 aromatic heterocycles. The van der Waals surface area contributed by atoms with Gasteiger partial charge < -0.3 is 14.6 Å². The van der Waals surface area contributed by atoms with E-state index in [2.05, 4.69) is 0 Å². The van der Waals surface area contributed by atoms with Crippen molar-refractivity contribution in [1.29, 1.82) is 0 Å². The Kier molecular flexibility index (Phi) is 6.92. The molecule has 0 aliphatic rings. The number of carbonyl (C=O) groups is 3. The molecule has 0 bridgehead atoms. The van der Waals surface area contributed by atoms with Gasteiger partial charge in [-0.25, -0.2) is 4.79 Å². The first-order chi connectivity index (χ1) is 7.90. The number of rotatable bonds is 8. The van der Waals surface area contributed by atoms with Crippen molar-refractivity contribution in [3.8, 4) is 0 Å². The van der Waals surface area contributed by atoms with Gasteiger partial charge in [0.2, 0.25) is 0 Å². The summed E-state index contributed by atoms with van der Waals surface area (Å²) >= 11 is 0. The average Bonchev–Trinajstić information content (AvgIpc) is 2.28. The predicted molar refractivity (Wildman–Crippen MR) is 62.5 cm³/mol. The van der Waals surface area contributed by atoms with Crippen molar-refractivity contribution in [2.45, 2.75) is 25.9 Å². The van der Waals surface area contributed by atoms with Crippen molar-refractivity contribution in [3.05, 3.63) is 0 Å². The minimum Gasteiger partial charge on any atom is -0.475 e. The number of Topliss-reactive ketones (excluding diaryl/α,β-unsaturated/α-hetero) is 1. The fraction of sp³-hybridized carbons (Fsp3) is 0.700. The number of carbonyl (C=O) groups excluding carboxylic acids is 2. The normalized spacial score (nSPS) is 14.5. The highest BCUT2D eigenvalue weighted by Crippen LogP contribution is 2.34. The zero-order chi connectivity index (χ0) is 13.5. The van der Waals surface area contributed by atoms with Crippen molar-refractivity contribution >= 4 is 26.3 Å². The number of esters is 1. The summed E-state index contributed by atoms with van der Waals surface area (Å²) in [6.45, 7) is 5.17. The summed E-state index contributed by atoms with van der Waals surface area (Å²) in [4.78, 5) is 33.9. The third-order valence-corrected chi connectivity index (χ3v) is 3.55. The Hall–Kier alpha value is -1.00. The molecule has 0 saturated carbocycles. The first-order valence-corrected chi connectivity index (χ1v) is 6.38. The number of hydrogen-bond acceptors (Lipinski definition) is 5. The Balaban J connectivity index is 4.86. The summed E-state index contributed by atoms with van der Waals surface area (Å²) < 4.78 is 9.78. The summed E-state index contributed by atoms with van der Waals surface area (Å²) in [5.41, 5.74) is 0. The molecule has 0 rings (SSSR count). The molecule has 0 amide bonds. The predicted octanol–water partition coefficient (Wildman–Crippen LogP) is 0.634. The standard InChI is InChI=1S/C10H17O6P/c1-4-15-6-17-10(3,7(11)8(12)13)9(14)16-5-2/h17H,4-6H2,1-3H3,(H,12,13). The summed E-state index contributed by atoms with van der Waals surface area (Å²) in [5, 5.41) is 7.04. The van der Waals surface area contributed by atoms with Crippen molar-refractivity contribution in [3.63, 3.8) is 0 Å². The Bertz CT molecular complexity index is 303. The van der Waals surface area contributed by atoms with Gasteiger partial charge in [-0.05, 0) is 20.8 Å². The monoisotopic (exact) mass is 264 g/mol. The third kappa shape index (κ3) is 4.40. The zero-order valence-electron chi connectivity index (χ0n) is 10.1. The van der Waals surface area contributed by atoms with E-state index >= 15 is 0 Å². The van der Waals surface area contributed by atoms with E-state index in [4.69, 9.17) is 14.6 Å². The number of carboxylic acids is 1. The molecule has 2 unspecified atom stereocenters. The maximum Gasteiger partial charge on any atom is 0.373 e. The zero-order valence-corrected chi connectivity index (χ0v) is 11.1. The molecule has 0 radical (unpaired) electrons. The van der Waals surface area contributed by atoms with E-state index < -0.39 is 22.9 Å². The van der Waals surface area contributed by atoms with Crippen molar-refractivity contribution < 1.29 is 29.0 Å². The number of ketones is 1. The van der Waals surface area contributed by atoms with E-state index in [-0.39, 0.29) is 21.5 Å². The smallest absolute Gasteiger partial charge is 0.373 e. The second-order valence-corrected chi connectivity index (χ2v) is 4.94. The van der Waals surface area contributed by atoms with Gasteiger partial charge in [-0.15, -0.1) is 0 Å². The third-order valence-electron chi connectivity index (χ3n) is 2.06. The van der Waals surface area contributed by atoms with Gasteiger partial charge >= 0.3 is 11.9 Å². The van der Waals surface area contributed by atoms with Gasteiger partial charge in [-0.3, -0.25) is 9.59 Å². The van der Waals surface area contributed by atoms with Gasteiger partial charge in [0, 0.05) is 6.61 Å². The maximum atomic E-state index is 11.7. The molecule has 7 heteroatoms. The van der Waals surface area contributed by atoms with E-state index in [1.165, 1.54) is 6.92 Å². The molecule has 1 N–H and O–H groups in total. The second-order valence-electron chi connectivity index (χ2n) is 3.29. The van der Waals surface area contributed by atoms with Crippen LogP contribution in [-0.4, -0.2) is 47.5 Å².